The van der Waals surface area contributed by atoms with Crippen LogP contribution in [-0.2, 0) is 4.79 Å². The van der Waals surface area contributed by atoms with Crippen LogP contribution in [0, 0.1) is 0 Å². The Labute approximate surface area is 131 Å². The van der Waals surface area contributed by atoms with Crippen LogP contribution in [-0.4, -0.2) is 67.3 Å². The summed E-state index contributed by atoms with van der Waals surface area (Å²) in [5, 5.41) is 0. The number of hydrogen-bond acceptors (Lipinski definition) is 4. The maximum atomic E-state index is 12.5. The van der Waals surface area contributed by atoms with Crippen LogP contribution in [0.2, 0.25) is 0 Å². The largest absolute Gasteiger partial charge is 0.360 e. The summed E-state index contributed by atoms with van der Waals surface area (Å²) in [7, 11) is 0. The first-order chi connectivity index (χ1) is 10.3. The zero-order chi connectivity index (χ0) is 14.7. The minimum Gasteiger partial charge on any atom is -0.360 e. The van der Waals surface area contributed by atoms with Crippen LogP contribution in [0.4, 0.5) is 5.69 Å². The summed E-state index contributed by atoms with van der Waals surface area (Å²) in [6.07, 6.45) is 0. The average molecular weight is 305 g/mol. The third kappa shape index (κ3) is 3.35. The number of anilines is 1. The van der Waals surface area contributed by atoms with Gasteiger partial charge in [0.2, 0.25) is 5.91 Å². The number of rotatable bonds is 3. The van der Waals surface area contributed by atoms with Gasteiger partial charge in [0, 0.05) is 43.4 Å². The number of carbonyl (C=O) groups excluding carboxylic acids is 1. The van der Waals surface area contributed by atoms with Gasteiger partial charge in [-0.2, -0.15) is 0 Å². The lowest BCUT2D eigenvalue weighted by Gasteiger charge is -2.36. The molecule has 0 radical (unpaired) electrons. The number of carbonyl (C=O) groups is 1. The molecule has 1 aromatic rings. The van der Waals surface area contributed by atoms with Crippen LogP contribution in [0.25, 0.3) is 0 Å². The van der Waals surface area contributed by atoms with Crippen LogP contribution in [0.15, 0.2) is 29.2 Å². The Balaban J connectivity index is 1.61. The summed E-state index contributed by atoms with van der Waals surface area (Å²) >= 11 is 1.89. The predicted molar refractivity (Wildman–Crippen MR) is 88.1 cm³/mol. The van der Waals surface area contributed by atoms with E-state index in [1.807, 2.05) is 16.7 Å². The van der Waals surface area contributed by atoms with Crippen molar-refractivity contribution < 1.29 is 4.79 Å². The van der Waals surface area contributed by atoms with Gasteiger partial charge in [0.05, 0.1) is 12.2 Å². The summed E-state index contributed by atoms with van der Waals surface area (Å²) in [6.45, 7) is 8.50. The number of fused-ring (bicyclic) bond motifs is 1. The fraction of sp³-hybridized carbons (Fsp3) is 0.562. The standard InChI is InChI=1S/C16H23N3OS/c1-2-17-7-9-18(10-8-17)16(20)13-19-11-12-21-15-6-4-3-5-14(15)19/h3-6H,2,7-13H2,1H3. The summed E-state index contributed by atoms with van der Waals surface area (Å²) in [5.74, 6) is 1.33. The first-order valence-electron chi connectivity index (χ1n) is 7.75. The number of hydrogen-bond donors (Lipinski definition) is 0. The van der Waals surface area contributed by atoms with Gasteiger partial charge in [-0.3, -0.25) is 4.79 Å². The number of likely N-dealkylation sites (N-methyl/N-ethyl adjacent to an activating group) is 1. The number of benzene rings is 1. The van der Waals surface area contributed by atoms with Crippen molar-refractivity contribution in [1.29, 1.82) is 0 Å². The Kier molecular flexibility index (Phi) is 4.70. The number of amides is 1. The van der Waals surface area contributed by atoms with Crippen molar-refractivity contribution >= 4 is 23.4 Å². The van der Waals surface area contributed by atoms with Crippen molar-refractivity contribution in [2.24, 2.45) is 0 Å². The minimum atomic E-state index is 0.271. The number of piperazine rings is 1. The topological polar surface area (TPSA) is 26.8 Å². The van der Waals surface area contributed by atoms with Crippen molar-refractivity contribution in [2.45, 2.75) is 11.8 Å². The molecule has 2 aliphatic rings. The molecule has 21 heavy (non-hydrogen) atoms. The maximum absolute atomic E-state index is 12.5. The van der Waals surface area contributed by atoms with Gasteiger partial charge in [-0.15, -0.1) is 11.8 Å². The fourth-order valence-electron chi connectivity index (χ4n) is 2.97. The molecule has 1 aromatic carbocycles. The molecule has 0 spiro atoms. The van der Waals surface area contributed by atoms with Gasteiger partial charge >= 0.3 is 0 Å². The van der Waals surface area contributed by atoms with Gasteiger partial charge in [-0.25, -0.2) is 0 Å². The molecule has 2 heterocycles. The molecule has 0 atom stereocenters. The van der Waals surface area contributed by atoms with Crippen LogP contribution in [0.3, 0.4) is 0 Å². The van der Waals surface area contributed by atoms with Gasteiger partial charge in [0.15, 0.2) is 0 Å². The number of nitrogens with zero attached hydrogens (tertiary/aromatic N) is 3. The Hall–Kier alpha value is -1.20. The second-order valence-corrected chi connectivity index (χ2v) is 6.69. The van der Waals surface area contributed by atoms with E-state index in [4.69, 9.17) is 0 Å². The van der Waals surface area contributed by atoms with Gasteiger partial charge in [0.1, 0.15) is 0 Å². The summed E-state index contributed by atoms with van der Waals surface area (Å²) in [5.41, 5.74) is 1.22. The third-order valence-corrected chi connectivity index (χ3v) is 5.37. The van der Waals surface area contributed by atoms with E-state index >= 15 is 0 Å². The second kappa shape index (κ2) is 6.71. The minimum absolute atomic E-state index is 0.271. The molecule has 5 heteroatoms. The lowest BCUT2D eigenvalue weighted by atomic mass is 10.2. The first-order valence-corrected chi connectivity index (χ1v) is 8.73. The molecular weight excluding hydrogens is 282 g/mol. The first kappa shape index (κ1) is 14.7. The zero-order valence-corrected chi connectivity index (χ0v) is 13.4. The molecule has 0 bridgehead atoms. The monoisotopic (exact) mass is 305 g/mol. The van der Waals surface area contributed by atoms with Crippen molar-refractivity contribution in [1.82, 2.24) is 9.80 Å². The highest BCUT2D eigenvalue weighted by molar-refractivity contribution is 7.99. The molecule has 3 rings (SSSR count). The molecule has 0 N–H and O–H groups in total. The molecule has 0 saturated carbocycles. The molecule has 0 aromatic heterocycles. The summed E-state index contributed by atoms with van der Waals surface area (Å²) < 4.78 is 0. The van der Waals surface area contributed by atoms with Crippen molar-refractivity contribution in [3.8, 4) is 0 Å². The quantitative estimate of drug-likeness (QED) is 0.850. The molecule has 4 nitrogen and oxygen atoms in total. The number of thioether (sulfide) groups is 1. The van der Waals surface area contributed by atoms with E-state index in [-0.39, 0.29) is 5.91 Å². The lowest BCUT2D eigenvalue weighted by Crippen LogP contribution is -2.51. The maximum Gasteiger partial charge on any atom is 0.242 e. The normalized spacial score (nSPS) is 19.5. The van der Waals surface area contributed by atoms with E-state index in [1.54, 1.807) is 0 Å². The third-order valence-electron chi connectivity index (χ3n) is 4.32. The lowest BCUT2D eigenvalue weighted by molar-refractivity contribution is -0.131. The highest BCUT2D eigenvalue weighted by atomic mass is 32.2. The average Bonchev–Trinajstić information content (AvgIpc) is 2.55. The van der Waals surface area contributed by atoms with E-state index in [1.165, 1.54) is 10.6 Å². The van der Waals surface area contributed by atoms with E-state index in [9.17, 15) is 4.79 Å². The Bertz CT molecular complexity index is 500. The van der Waals surface area contributed by atoms with E-state index in [0.29, 0.717) is 6.54 Å². The van der Waals surface area contributed by atoms with Crippen LogP contribution < -0.4 is 4.90 Å². The van der Waals surface area contributed by atoms with Crippen molar-refractivity contribution in [3.63, 3.8) is 0 Å². The molecule has 1 saturated heterocycles. The van der Waals surface area contributed by atoms with Crippen LogP contribution >= 0.6 is 11.8 Å². The zero-order valence-electron chi connectivity index (χ0n) is 12.6. The Morgan fingerprint density at radius 3 is 2.67 bits per heavy atom. The highest BCUT2D eigenvalue weighted by Gasteiger charge is 2.24. The smallest absolute Gasteiger partial charge is 0.242 e. The van der Waals surface area contributed by atoms with Gasteiger partial charge in [-0.1, -0.05) is 19.1 Å². The fourth-order valence-corrected chi connectivity index (χ4v) is 4.02. The molecule has 1 amide bonds. The van der Waals surface area contributed by atoms with E-state index < -0.39 is 0 Å². The second-order valence-electron chi connectivity index (χ2n) is 5.55. The molecule has 2 aliphatic heterocycles. The number of para-hydroxylation sites is 1. The molecular formula is C16H23N3OS. The van der Waals surface area contributed by atoms with E-state index in [2.05, 4.69) is 41.0 Å². The summed E-state index contributed by atoms with van der Waals surface area (Å²) in [6, 6.07) is 8.41. The Morgan fingerprint density at radius 2 is 1.90 bits per heavy atom. The SMILES string of the molecule is CCN1CCN(C(=O)CN2CCSc3ccccc32)CC1. The van der Waals surface area contributed by atoms with Gasteiger partial charge < -0.3 is 14.7 Å². The molecule has 1 fully saturated rings. The highest BCUT2D eigenvalue weighted by Crippen LogP contribution is 2.34. The predicted octanol–water partition coefficient (Wildman–Crippen LogP) is 1.76. The molecule has 0 aliphatic carbocycles. The summed E-state index contributed by atoms with van der Waals surface area (Å²) in [4.78, 5) is 20.5. The van der Waals surface area contributed by atoms with Crippen LogP contribution in [0.1, 0.15) is 6.92 Å². The van der Waals surface area contributed by atoms with Gasteiger partial charge in [0.25, 0.3) is 0 Å². The van der Waals surface area contributed by atoms with Crippen LogP contribution in [0.5, 0.6) is 0 Å². The molecule has 114 valence electrons. The Morgan fingerprint density at radius 1 is 1.14 bits per heavy atom. The van der Waals surface area contributed by atoms with Gasteiger partial charge in [-0.05, 0) is 18.7 Å². The van der Waals surface area contributed by atoms with Crippen molar-refractivity contribution in [2.75, 3.05) is 56.5 Å². The molecule has 0 unspecified atom stereocenters. The van der Waals surface area contributed by atoms with Crippen molar-refractivity contribution in [3.05, 3.63) is 24.3 Å². The van der Waals surface area contributed by atoms with E-state index in [0.717, 1.165) is 45.0 Å².